The molecule has 0 radical (unpaired) electrons. The van der Waals surface area contributed by atoms with E-state index in [-0.39, 0.29) is 40.6 Å². The number of methoxy groups -OCH3 is 2. The molecule has 41 heavy (non-hydrogen) atoms. The number of esters is 1. The summed E-state index contributed by atoms with van der Waals surface area (Å²) in [5.41, 5.74) is 0.819. The lowest BCUT2D eigenvalue weighted by atomic mass is 10.2. The van der Waals surface area contributed by atoms with E-state index in [4.69, 9.17) is 14.2 Å². The standard InChI is InChI=1S/C28H32N4O8S/c1-19(18-37-2)39-25-15-21(28(34)30-24-11-6-20(17-29-24)14-27(33)38-3)16-26(31-25)40-22-7-9-23(10-8-22)41(35,36)32-12-4-5-13-32/h6-11,15-17,19H,4-5,12-14,18H2,1-3H3,(H,29,30,34)/t19-/m1/s1. The van der Waals surface area contributed by atoms with Crippen molar-refractivity contribution in [1.29, 1.82) is 0 Å². The maximum atomic E-state index is 13.1. The van der Waals surface area contributed by atoms with Crippen LogP contribution >= 0.6 is 0 Å². The van der Waals surface area contributed by atoms with E-state index in [1.165, 1.54) is 54.0 Å². The van der Waals surface area contributed by atoms with Gasteiger partial charge in [0.1, 0.15) is 17.7 Å². The van der Waals surface area contributed by atoms with Crippen LogP contribution in [0.25, 0.3) is 0 Å². The number of pyridine rings is 2. The molecule has 1 aliphatic heterocycles. The van der Waals surface area contributed by atoms with Gasteiger partial charge in [-0.3, -0.25) is 9.59 Å². The van der Waals surface area contributed by atoms with Crippen LogP contribution in [0.15, 0.2) is 59.6 Å². The number of amides is 1. The average Bonchev–Trinajstić information content (AvgIpc) is 3.51. The molecule has 4 rings (SSSR count). The van der Waals surface area contributed by atoms with Gasteiger partial charge in [0, 0.05) is 38.5 Å². The fraction of sp³-hybridized carbons (Fsp3) is 0.357. The number of ether oxygens (including phenoxy) is 4. The summed E-state index contributed by atoms with van der Waals surface area (Å²) < 4.78 is 48.6. The normalized spacial score (nSPS) is 14.3. The molecule has 13 heteroatoms. The molecule has 1 aliphatic rings. The van der Waals surface area contributed by atoms with E-state index in [2.05, 4.69) is 20.0 Å². The highest BCUT2D eigenvalue weighted by Gasteiger charge is 2.27. The highest BCUT2D eigenvalue weighted by atomic mass is 32.2. The molecule has 3 aromatic rings. The first-order chi connectivity index (χ1) is 19.7. The molecule has 0 saturated carbocycles. The van der Waals surface area contributed by atoms with Crippen molar-refractivity contribution >= 4 is 27.7 Å². The van der Waals surface area contributed by atoms with E-state index in [9.17, 15) is 18.0 Å². The van der Waals surface area contributed by atoms with Crippen molar-refractivity contribution in [3.63, 3.8) is 0 Å². The van der Waals surface area contributed by atoms with Crippen molar-refractivity contribution in [2.24, 2.45) is 0 Å². The summed E-state index contributed by atoms with van der Waals surface area (Å²) >= 11 is 0. The summed E-state index contributed by atoms with van der Waals surface area (Å²) in [5.74, 6) is -0.101. The van der Waals surface area contributed by atoms with Crippen molar-refractivity contribution in [1.82, 2.24) is 14.3 Å². The molecule has 0 unspecified atom stereocenters. The van der Waals surface area contributed by atoms with Gasteiger partial charge in [0.15, 0.2) is 0 Å². The van der Waals surface area contributed by atoms with Gasteiger partial charge in [-0.2, -0.15) is 9.29 Å². The van der Waals surface area contributed by atoms with Crippen LogP contribution in [0.4, 0.5) is 5.82 Å². The highest BCUT2D eigenvalue weighted by molar-refractivity contribution is 7.89. The summed E-state index contributed by atoms with van der Waals surface area (Å²) in [5, 5.41) is 2.70. The van der Waals surface area contributed by atoms with Crippen molar-refractivity contribution in [3.05, 3.63) is 65.9 Å². The molecule has 1 aromatic carbocycles. The number of hydrogen-bond acceptors (Lipinski definition) is 10. The first-order valence-electron chi connectivity index (χ1n) is 13.0. The molecule has 218 valence electrons. The molecule has 1 atom stereocenters. The second-order valence-electron chi connectivity index (χ2n) is 9.36. The van der Waals surface area contributed by atoms with Crippen LogP contribution in [-0.2, 0) is 30.7 Å². The van der Waals surface area contributed by atoms with Gasteiger partial charge in [0.05, 0.1) is 30.6 Å². The number of benzene rings is 1. The minimum Gasteiger partial charge on any atom is -0.472 e. The number of rotatable bonds is 12. The van der Waals surface area contributed by atoms with Gasteiger partial charge < -0.3 is 24.3 Å². The zero-order chi connectivity index (χ0) is 29.4. The zero-order valence-corrected chi connectivity index (χ0v) is 23.8. The first-order valence-corrected chi connectivity index (χ1v) is 14.4. The Bertz CT molecular complexity index is 1460. The first kappa shape index (κ1) is 29.9. The molecular weight excluding hydrogens is 552 g/mol. The van der Waals surface area contributed by atoms with Crippen LogP contribution in [0.5, 0.6) is 17.5 Å². The van der Waals surface area contributed by atoms with Gasteiger partial charge in [-0.15, -0.1) is 0 Å². The lowest BCUT2D eigenvalue weighted by Gasteiger charge is -2.16. The predicted molar refractivity (Wildman–Crippen MR) is 149 cm³/mol. The number of aromatic nitrogens is 2. The van der Waals surface area contributed by atoms with Crippen LogP contribution in [0.2, 0.25) is 0 Å². The molecule has 1 fully saturated rings. The smallest absolute Gasteiger partial charge is 0.310 e. The molecule has 1 amide bonds. The average molecular weight is 585 g/mol. The Morgan fingerprint density at radius 1 is 1.02 bits per heavy atom. The SMILES string of the molecule is COC[C@@H](C)Oc1cc(C(=O)Nc2ccc(CC(=O)OC)cn2)cc(Oc2ccc(S(=O)(=O)N3CCCC3)cc2)n1. The van der Waals surface area contributed by atoms with Gasteiger partial charge in [0.25, 0.3) is 5.91 Å². The molecule has 1 saturated heterocycles. The summed E-state index contributed by atoms with van der Waals surface area (Å²) in [6.45, 7) is 3.11. The summed E-state index contributed by atoms with van der Waals surface area (Å²) in [6, 6.07) is 12.2. The number of anilines is 1. The monoisotopic (exact) mass is 584 g/mol. The Kier molecular flexibility index (Phi) is 9.86. The van der Waals surface area contributed by atoms with E-state index < -0.39 is 21.9 Å². The fourth-order valence-corrected chi connectivity index (χ4v) is 5.62. The topological polar surface area (TPSA) is 146 Å². The minimum absolute atomic E-state index is 0.0637. The van der Waals surface area contributed by atoms with E-state index >= 15 is 0 Å². The van der Waals surface area contributed by atoms with E-state index in [1.54, 1.807) is 26.2 Å². The largest absolute Gasteiger partial charge is 0.472 e. The molecular formula is C28H32N4O8S. The fourth-order valence-electron chi connectivity index (χ4n) is 4.11. The number of sulfonamides is 1. The van der Waals surface area contributed by atoms with Gasteiger partial charge in [-0.05, 0) is 55.7 Å². The minimum atomic E-state index is -3.56. The third-order valence-electron chi connectivity index (χ3n) is 6.16. The van der Waals surface area contributed by atoms with E-state index in [0.717, 1.165) is 12.8 Å². The van der Waals surface area contributed by atoms with Gasteiger partial charge in [-0.25, -0.2) is 13.4 Å². The lowest BCUT2D eigenvalue weighted by Crippen LogP contribution is -2.27. The predicted octanol–water partition coefficient (Wildman–Crippen LogP) is 3.43. The van der Waals surface area contributed by atoms with Crippen molar-refractivity contribution < 1.29 is 37.0 Å². The number of nitrogens with one attached hydrogen (secondary N) is 1. The summed E-state index contributed by atoms with van der Waals surface area (Å²) in [7, 11) is -0.713. The van der Waals surface area contributed by atoms with Gasteiger partial charge >= 0.3 is 5.97 Å². The number of carbonyl (C=O) groups is 2. The Morgan fingerprint density at radius 3 is 2.37 bits per heavy atom. The number of carbonyl (C=O) groups excluding carboxylic acids is 2. The molecule has 0 aliphatic carbocycles. The van der Waals surface area contributed by atoms with Gasteiger partial charge in [-0.1, -0.05) is 6.07 Å². The van der Waals surface area contributed by atoms with Crippen molar-refractivity contribution in [3.8, 4) is 17.5 Å². The Balaban J connectivity index is 1.53. The van der Waals surface area contributed by atoms with Crippen LogP contribution in [0.3, 0.4) is 0 Å². The van der Waals surface area contributed by atoms with Crippen molar-refractivity contribution in [2.75, 3.05) is 39.2 Å². The Hall–Kier alpha value is -4.07. The highest BCUT2D eigenvalue weighted by Crippen LogP contribution is 2.27. The Labute approximate surface area is 238 Å². The number of hydrogen-bond donors (Lipinski definition) is 1. The van der Waals surface area contributed by atoms with E-state index in [1.807, 2.05) is 0 Å². The van der Waals surface area contributed by atoms with Crippen LogP contribution in [0, 0.1) is 0 Å². The zero-order valence-electron chi connectivity index (χ0n) is 23.0. The Morgan fingerprint density at radius 2 is 1.73 bits per heavy atom. The van der Waals surface area contributed by atoms with E-state index in [0.29, 0.717) is 31.0 Å². The molecule has 0 bridgehead atoms. The summed E-state index contributed by atoms with van der Waals surface area (Å²) in [6.07, 6.45) is 2.87. The third kappa shape index (κ3) is 7.99. The maximum Gasteiger partial charge on any atom is 0.310 e. The summed E-state index contributed by atoms with van der Waals surface area (Å²) in [4.78, 5) is 33.3. The number of nitrogens with zero attached hydrogens (tertiary/aromatic N) is 3. The maximum absolute atomic E-state index is 13.1. The lowest BCUT2D eigenvalue weighted by molar-refractivity contribution is -0.139. The van der Waals surface area contributed by atoms with Gasteiger partial charge in [0.2, 0.25) is 21.8 Å². The second kappa shape index (κ2) is 13.5. The second-order valence-corrected chi connectivity index (χ2v) is 11.3. The molecule has 2 aromatic heterocycles. The third-order valence-corrected chi connectivity index (χ3v) is 8.07. The molecule has 12 nitrogen and oxygen atoms in total. The quantitative estimate of drug-likeness (QED) is 0.314. The van der Waals surface area contributed by atoms with Crippen LogP contribution < -0.4 is 14.8 Å². The molecule has 0 spiro atoms. The molecule has 1 N–H and O–H groups in total. The van der Waals surface area contributed by atoms with Crippen LogP contribution in [0.1, 0.15) is 35.7 Å². The molecule has 3 heterocycles. The van der Waals surface area contributed by atoms with Crippen LogP contribution in [-0.4, -0.2) is 74.6 Å². The van der Waals surface area contributed by atoms with Crippen molar-refractivity contribution in [2.45, 2.75) is 37.2 Å².